The molecule has 130 valence electrons. The third kappa shape index (κ3) is 3.13. The van der Waals surface area contributed by atoms with E-state index >= 15 is 0 Å². The van der Waals surface area contributed by atoms with Gasteiger partial charge in [-0.15, -0.1) is 10.2 Å². The van der Waals surface area contributed by atoms with E-state index < -0.39 is 0 Å². The van der Waals surface area contributed by atoms with Crippen molar-refractivity contribution in [1.29, 1.82) is 0 Å². The Morgan fingerprint density at radius 3 is 2.28 bits per heavy atom. The van der Waals surface area contributed by atoms with Crippen molar-refractivity contribution in [2.45, 2.75) is 13.8 Å². The second kappa shape index (κ2) is 7.21. The highest BCUT2D eigenvalue weighted by Crippen LogP contribution is 2.35. The van der Waals surface area contributed by atoms with Crippen LogP contribution in [0.5, 0.6) is 17.4 Å². The summed E-state index contributed by atoms with van der Waals surface area (Å²) in [6.45, 7) is 4.33. The number of pyridine rings is 1. The molecule has 0 spiro atoms. The van der Waals surface area contributed by atoms with Crippen LogP contribution in [-0.2, 0) is 0 Å². The molecule has 7 heteroatoms. The normalized spacial score (nSPS) is 10.6. The van der Waals surface area contributed by atoms with Crippen molar-refractivity contribution in [1.82, 2.24) is 19.7 Å². The first kappa shape index (κ1) is 16.8. The van der Waals surface area contributed by atoms with E-state index in [-0.39, 0.29) is 0 Å². The van der Waals surface area contributed by atoms with E-state index in [9.17, 15) is 0 Å². The summed E-state index contributed by atoms with van der Waals surface area (Å²) in [6.07, 6.45) is 0. The second-order valence-electron chi connectivity index (χ2n) is 5.21. The molecular weight excluding hydrogens is 320 g/mol. The number of methoxy groups -OCH3 is 2. The van der Waals surface area contributed by atoms with Crippen LogP contribution in [0.2, 0.25) is 0 Å². The molecule has 0 saturated heterocycles. The lowest BCUT2D eigenvalue weighted by molar-refractivity contribution is 0.327. The van der Waals surface area contributed by atoms with Crippen LogP contribution in [0.15, 0.2) is 36.4 Å². The fourth-order valence-corrected chi connectivity index (χ4v) is 2.62. The van der Waals surface area contributed by atoms with Gasteiger partial charge in [-0.05, 0) is 32.0 Å². The Kier molecular flexibility index (Phi) is 4.83. The molecule has 0 atom stereocenters. The summed E-state index contributed by atoms with van der Waals surface area (Å²) in [4.78, 5) is 4.52. The number of ether oxygens (including phenoxy) is 3. The molecule has 0 aliphatic heterocycles. The largest absolute Gasteiger partial charge is 0.494 e. The summed E-state index contributed by atoms with van der Waals surface area (Å²) in [6, 6.07) is 11.2. The number of benzene rings is 1. The van der Waals surface area contributed by atoms with Crippen molar-refractivity contribution in [3.63, 3.8) is 0 Å². The van der Waals surface area contributed by atoms with Crippen LogP contribution < -0.4 is 14.2 Å². The maximum absolute atomic E-state index is 5.52. The zero-order valence-electron chi connectivity index (χ0n) is 14.7. The molecule has 1 aromatic carbocycles. The van der Waals surface area contributed by atoms with E-state index in [1.54, 1.807) is 14.2 Å². The number of hydrogen-bond acceptors (Lipinski definition) is 6. The lowest BCUT2D eigenvalue weighted by Gasteiger charge is -2.16. The fraction of sp³-hybridized carbons (Fsp3) is 0.278. The van der Waals surface area contributed by atoms with E-state index in [0.29, 0.717) is 41.3 Å². The molecule has 0 N–H and O–H groups in total. The van der Waals surface area contributed by atoms with Gasteiger partial charge < -0.3 is 14.2 Å². The predicted molar refractivity (Wildman–Crippen MR) is 93.6 cm³/mol. The lowest BCUT2D eigenvalue weighted by atomic mass is 10.2. The number of nitrogens with zero attached hydrogens (tertiary/aromatic N) is 4. The maximum Gasteiger partial charge on any atom is 0.213 e. The molecule has 25 heavy (non-hydrogen) atoms. The monoisotopic (exact) mass is 340 g/mol. The minimum Gasteiger partial charge on any atom is -0.494 e. The molecule has 0 aliphatic rings. The van der Waals surface area contributed by atoms with Gasteiger partial charge in [0.2, 0.25) is 5.88 Å². The predicted octanol–water partition coefficient (Wildman–Crippen LogP) is 3.05. The van der Waals surface area contributed by atoms with E-state index in [1.165, 1.54) is 0 Å². The molecule has 2 heterocycles. The second-order valence-corrected chi connectivity index (χ2v) is 5.21. The number of para-hydroxylation sites is 1. The van der Waals surface area contributed by atoms with E-state index in [2.05, 4.69) is 15.2 Å². The van der Waals surface area contributed by atoms with Crippen LogP contribution in [-0.4, -0.2) is 40.6 Å². The van der Waals surface area contributed by atoms with Crippen LogP contribution in [0.25, 0.3) is 17.2 Å². The van der Waals surface area contributed by atoms with Crippen molar-refractivity contribution in [2.75, 3.05) is 20.8 Å². The van der Waals surface area contributed by atoms with Gasteiger partial charge in [0.05, 0.1) is 20.8 Å². The van der Waals surface area contributed by atoms with Crippen molar-refractivity contribution in [3.8, 4) is 34.6 Å². The molecule has 0 aliphatic carbocycles. The third-order valence-electron chi connectivity index (χ3n) is 3.70. The van der Waals surface area contributed by atoms with E-state index in [0.717, 1.165) is 5.69 Å². The first-order chi connectivity index (χ1) is 12.2. The first-order valence-electron chi connectivity index (χ1n) is 7.93. The van der Waals surface area contributed by atoms with Gasteiger partial charge in [-0.2, -0.15) is 0 Å². The van der Waals surface area contributed by atoms with Crippen molar-refractivity contribution in [2.24, 2.45) is 0 Å². The average Bonchev–Trinajstić information content (AvgIpc) is 3.02. The third-order valence-corrected chi connectivity index (χ3v) is 3.70. The summed E-state index contributed by atoms with van der Waals surface area (Å²) in [5, 5.41) is 8.52. The number of aryl methyl sites for hydroxylation is 1. The van der Waals surface area contributed by atoms with Gasteiger partial charge in [0.1, 0.15) is 28.7 Å². The van der Waals surface area contributed by atoms with E-state index in [1.807, 2.05) is 54.8 Å². The van der Waals surface area contributed by atoms with Crippen molar-refractivity contribution >= 4 is 0 Å². The molecule has 3 aromatic rings. The fourth-order valence-electron chi connectivity index (χ4n) is 2.62. The highest BCUT2D eigenvalue weighted by atomic mass is 16.5. The summed E-state index contributed by atoms with van der Waals surface area (Å²) < 4.78 is 18.4. The molecule has 0 amide bonds. The number of hydrogen-bond donors (Lipinski definition) is 0. The highest BCUT2D eigenvalue weighted by molar-refractivity contribution is 5.63. The van der Waals surface area contributed by atoms with Gasteiger partial charge in [0, 0.05) is 6.07 Å². The molecule has 0 bridgehead atoms. The van der Waals surface area contributed by atoms with Gasteiger partial charge in [0.15, 0.2) is 5.82 Å². The van der Waals surface area contributed by atoms with Crippen LogP contribution >= 0.6 is 0 Å². The Bertz CT molecular complexity index is 854. The van der Waals surface area contributed by atoms with Crippen LogP contribution in [0.3, 0.4) is 0 Å². The van der Waals surface area contributed by atoms with Crippen LogP contribution in [0.1, 0.15) is 12.7 Å². The van der Waals surface area contributed by atoms with Crippen LogP contribution in [0.4, 0.5) is 0 Å². The van der Waals surface area contributed by atoms with Gasteiger partial charge in [-0.3, -0.25) is 4.57 Å². The summed E-state index contributed by atoms with van der Waals surface area (Å²) in [5.74, 6) is 3.14. The summed E-state index contributed by atoms with van der Waals surface area (Å²) >= 11 is 0. The SMILES string of the molecule is CCOc1cccc(-c2nnc(C)n2-c2c(OC)cccc2OC)n1. The van der Waals surface area contributed by atoms with Gasteiger partial charge in [0.25, 0.3) is 0 Å². The smallest absolute Gasteiger partial charge is 0.213 e. The lowest BCUT2D eigenvalue weighted by Crippen LogP contribution is -2.06. The molecule has 2 aromatic heterocycles. The molecule has 0 saturated carbocycles. The topological polar surface area (TPSA) is 71.3 Å². The van der Waals surface area contributed by atoms with Crippen LogP contribution in [0, 0.1) is 6.92 Å². The molecule has 3 rings (SSSR count). The molecular formula is C18H20N4O3. The van der Waals surface area contributed by atoms with Gasteiger partial charge in [-0.25, -0.2) is 4.98 Å². The standard InChI is InChI=1S/C18H20N4O3/c1-5-25-16-11-6-8-13(19-16)18-21-20-12(2)22(18)17-14(23-3)9-7-10-15(17)24-4/h6-11H,5H2,1-4H3. The quantitative estimate of drug-likeness (QED) is 0.687. The van der Waals surface area contributed by atoms with Crippen molar-refractivity contribution in [3.05, 3.63) is 42.2 Å². The van der Waals surface area contributed by atoms with Crippen molar-refractivity contribution < 1.29 is 14.2 Å². The minimum atomic E-state index is 0.541. The highest BCUT2D eigenvalue weighted by Gasteiger charge is 2.21. The Balaban J connectivity index is 2.21. The Hall–Kier alpha value is -3.09. The number of aromatic nitrogens is 4. The summed E-state index contributed by atoms with van der Waals surface area (Å²) in [5.41, 5.74) is 1.38. The zero-order chi connectivity index (χ0) is 17.8. The van der Waals surface area contributed by atoms with Gasteiger partial charge >= 0.3 is 0 Å². The summed E-state index contributed by atoms with van der Waals surface area (Å²) in [7, 11) is 3.23. The Morgan fingerprint density at radius 2 is 1.64 bits per heavy atom. The number of rotatable bonds is 6. The Morgan fingerprint density at radius 1 is 0.960 bits per heavy atom. The zero-order valence-corrected chi connectivity index (χ0v) is 14.7. The van der Waals surface area contributed by atoms with Gasteiger partial charge in [-0.1, -0.05) is 12.1 Å². The molecule has 7 nitrogen and oxygen atoms in total. The van der Waals surface area contributed by atoms with E-state index in [4.69, 9.17) is 14.2 Å². The molecule has 0 fully saturated rings. The Labute approximate surface area is 146 Å². The molecule has 0 unspecified atom stereocenters. The first-order valence-corrected chi connectivity index (χ1v) is 7.93. The average molecular weight is 340 g/mol. The minimum absolute atomic E-state index is 0.541. The molecule has 0 radical (unpaired) electrons. The maximum atomic E-state index is 5.52.